The van der Waals surface area contributed by atoms with Crippen LogP contribution in [0.4, 0.5) is 13.2 Å². The Morgan fingerprint density at radius 2 is 1.78 bits per heavy atom. The predicted molar refractivity (Wildman–Crippen MR) is 92.1 cm³/mol. The average Bonchev–Trinajstić information content (AvgIpc) is 2.92. The Balaban J connectivity index is 1.76. The van der Waals surface area contributed by atoms with Crippen LogP contribution in [0.25, 0.3) is 0 Å². The van der Waals surface area contributed by atoms with Crippen LogP contribution in [0.3, 0.4) is 0 Å². The molecule has 1 amide bonds. The number of hydrogen-bond donors (Lipinski definition) is 1. The molecule has 1 N–H and O–H groups in total. The van der Waals surface area contributed by atoms with Gasteiger partial charge < -0.3 is 10.0 Å². The number of carboxylic acids is 1. The lowest BCUT2D eigenvalue weighted by molar-refractivity contribution is -0.183. The Labute approximate surface area is 154 Å². The van der Waals surface area contributed by atoms with Crippen LogP contribution in [0, 0.1) is 5.92 Å². The quantitative estimate of drug-likeness (QED) is 0.849. The van der Waals surface area contributed by atoms with Crippen molar-refractivity contribution in [3.8, 4) is 0 Å². The fraction of sp³-hybridized carbons (Fsp3) is 0.300. The van der Waals surface area contributed by atoms with Gasteiger partial charge in [-0.2, -0.15) is 13.2 Å². The van der Waals surface area contributed by atoms with Crippen molar-refractivity contribution in [3.05, 3.63) is 70.8 Å². The highest BCUT2D eigenvalue weighted by Crippen LogP contribution is 2.37. The lowest BCUT2D eigenvalue weighted by Crippen LogP contribution is -2.31. The molecule has 0 spiro atoms. The molecule has 7 heteroatoms. The number of nitrogens with zero attached hydrogens (tertiary/aromatic N) is 1. The van der Waals surface area contributed by atoms with Gasteiger partial charge in [0.15, 0.2) is 0 Å². The molecule has 2 atom stereocenters. The van der Waals surface area contributed by atoms with Gasteiger partial charge in [0.25, 0.3) is 5.91 Å². The number of rotatable bonds is 5. The summed E-state index contributed by atoms with van der Waals surface area (Å²) in [6, 6.07) is 13.2. The molecule has 0 aliphatic carbocycles. The summed E-state index contributed by atoms with van der Waals surface area (Å²) in [6.45, 7) is 1.65. The van der Waals surface area contributed by atoms with Crippen molar-refractivity contribution in [2.75, 3.05) is 0 Å². The van der Waals surface area contributed by atoms with Crippen molar-refractivity contribution in [2.24, 2.45) is 5.92 Å². The lowest BCUT2D eigenvalue weighted by Gasteiger charge is -2.23. The minimum Gasteiger partial charge on any atom is -0.481 e. The maximum atomic E-state index is 13.0. The second-order valence-electron chi connectivity index (χ2n) is 6.71. The number of halogens is 3. The number of carboxylic acid groups (broad SMARTS) is 1. The summed E-state index contributed by atoms with van der Waals surface area (Å²) >= 11 is 0. The number of hydrogen-bond acceptors (Lipinski definition) is 2. The van der Waals surface area contributed by atoms with Gasteiger partial charge in [-0.25, -0.2) is 0 Å². The number of fused-ring (bicyclic) bond motifs is 1. The van der Waals surface area contributed by atoms with E-state index in [1.807, 2.05) is 12.1 Å². The van der Waals surface area contributed by atoms with Crippen LogP contribution in [-0.4, -0.2) is 28.1 Å². The molecule has 1 aliphatic rings. The highest BCUT2D eigenvalue weighted by molar-refractivity contribution is 5.98. The Morgan fingerprint density at radius 1 is 1.15 bits per heavy atom. The van der Waals surface area contributed by atoms with E-state index in [4.69, 9.17) is 0 Å². The van der Waals surface area contributed by atoms with E-state index in [1.54, 1.807) is 29.2 Å². The standard InChI is InChI=1S/C20H18F3NO3/c1-12(20(21,22)23)17(19(26)27)14-8-6-13(7-9-14)10-24-11-15-4-2-3-5-16(15)18(24)25/h2-9,12,17H,10-11H2,1H3,(H,26,27). The maximum absolute atomic E-state index is 13.0. The van der Waals surface area contributed by atoms with Gasteiger partial charge in [0.2, 0.25) is 0 Å². The number of alkyl halides is 3. The van der Waals surface area contributed by atoms with Crippen LogP contribution in [-0.2, 0) is 17.9 Å². The van der Waals surface area contributed by atoms with Crippen LogP contribution < -0.4 is 0 Å². The first-order valence-corrected chi connectivity index (χ1v) is 8.44. The van der Waals surface area contributed by atoms with Crippen molar-refractivity contribution in [3.63, 3.8) is 0 Å². The summed E-state index contributed by atoms with van der Waals surface area (Å²) in [4.78, 5) is 25.4. The Kier molecular flexibility index (Phi) is 4.95. The van der Waals surface area contributed by atoms with E-state index in [2.05, 4.69) is 0 Å². The molecule has 4 nitrogen and oxygen atoms in total. The Hall–Kier alpha value is -2.83. The van der Waals surface area contributed by atoms with E-state index >= 15 is 0 Å². The third-order valence-corrected chi connectivity index (χ3v) is 4.89. The van der Waals surface area contributed by atoms with Crippen LogP contribution in [0.2, 0.25) is 0 Å². The van der Waals surface area contributed by atoms with Crippen molar-refractivity contribution >= 4 is 11.9 Å². The molecule has 142 valence electrons. The van der Waals surface area contributed by atoms with Crippen LogP contribution in [0.1, 0.15) is 39.9 Å². The molecule has 1 heterocycles. The second kappa shape index (κ2) is 7.06. The SMILES string of the molecule is CC(C(C(=O)O)c1ccc(CN2Cc3ccccc3C2=O)cc1)C(F)(F)F. The molecular weight excluding hydrogens is 359 g/mol. The fourth-order valence-corrected chi connectivity index (χ4v) is 3.33. The monoisotopic (exact) mass is 377 g/mol. The second-order valence-corrected chi connectivity index (χ2v) is 6.71. The smallest absolute Gasteiger partial charge is 0.392 e. The average molecular weight is 377 g/mol. The minimum atomic E-state index is -4.60. The molecule has 27 heavy (non-hydrogen) atoms. The number of carbonyl (C=O) groups excluding carboxylic acids is 1. The highest BCUT2D eigenvalue weighted by atomic mass is 19.4. The van der Waals surface area contributed by atoms with E-state index < -0.39 is 24.0 Å². The topological polar surface area (TPSA) is 57.6 Å². The highest BCUT2D eigenvalue weighted by Gasteiger charge is 2.45. The van der Waals surface area contributed by atoms with Gasteiger partial charge in [-0.15, -0.1) is 0 Å². The van der Waals surface area contributed by atoms with Crippen molar-refractivity contribution in [2.45, 2.75) is 32.1 Å². The molecule has 0 bridgehead atoms. The molecular formula is C20H18F3NO3. The van der Waals surface area contributed by atoms with Crippen LogP contribution >= 0.6 is 0 Å². The van der Waals surface area contributed by atoms with Gasteiger partial charge in [0.05, 0.1) is 11.8 Å². The normalized spacial score (nSPS) is 16.1. The molecule has 0 saturated heterocycles. The van der Waals surface area contributed by atoms with E-state index in [1.165, 1.54) is 12.1 Å². The molecule has 0 saturated carbocycles. The Bertz CT molecular complexity index is 862. The predicted octanol–water partition coefficient (Wildman–Crippen LogP) is 4.21. The van der Waals surface area contributed by atoms with Gasteiger partial charge in [0.1, 0.15) is 0 Å². The van der Waals surface area contributed by atoms with Crippen molar-refractivity contribution in [1.29, 1.82) is 0 Å². The number of carbonyl (C=O) groups is 2. The summed E-state index contributed by atoms with van der Waals surface area (Å²) in [5.74, 6) is -5.28. The molecule has 0 radical (unpaired) electrons. The van der Waals surface area contributed by atoms with Gasteiger partial charge in [0, 0.05) is 18.7 Å². The van der Waals surface area contributed by atoms with Gasteiger partial charge in [-0.1, -0.05) is 49.4 Å². The first-order valence-electron chi connectivity index (χ1n) is 8.44. The zero-order valence-corrected chi connectivity index (χ0v) is 14.5. The first kappa shape index (κ1) is 18.9. The van der Waals surface area contributed by atoms with Crippen LogP contribution in [0.15, 0.2) is 48.5 Å². The third kappa shape index (κ3) is 3.82. The van der Waals surface area contributed by atoms with E-state index in [0.717, 1.165) is 18.1 Å². The number of amides is 1. The van der Waals surface area contributed by atoms with Crippen LogP contribution in [0.5, 0.6) is 0 Å². The molecule has 2 aromatic carbocycles. The van der Waals surface area contributed by atoms with E-state index in [9.17, 15) is 27.9 Å². The number of benzene rings is 2. The molecule has 2 unspecified atom stereocenters. The summed E-state index contributed by atoms with van der Waals surface area (Å²) in [5, 5.41) is 9.24. The van der Waals surface area contributed by atoms with E-state index in [0.29, 0.717) is 18.7 Å². The number of aliphatic carboxylic acids is 1. The molecule has 0 fully saturated rings. The first-order chi connectivity index (χ1) is 12.7. The molecule has 1 aliphatic heterocycles. The summed E-state index contributed by atoms with van der Waals surface area (Å²) in [6.07, 6.45) is -4.60. The van der Waals surface area contributed by atoms with E-state index in [-0.39, 0.29) is 11.5 Å². The van der Waals surface area contributed by atoms with Crippen molar-refractivity contribution in [1.82, 2.24) is 4.90 Å². The zero-order valence-electron chi connectivity index (χ0n) is 14.5. The molecule has 3 rings (SSSR count). The van der Waals surface area contributed by atoms with Gasteiger partial charge in [-0.3, -0.25) is 9.59 Å². The van der Waals surface area contributed by atoms with Crippen molar-refractivity contribution < 1.29 is 27.9 Å². The Morgan fingerprint density at radius 3 is 2.33 bits per heavy atom. The molecule has 2 aromatic rings. The maximum Gasteiger partial charge on any atom is 0.392 e. The van der Waals surface area contributed by atoms with Gasteiger partial charge >= 0.3 is 12.1 Å². The minimum absolute atomic E-state index is 0.0899. The van der Waals surface area contributed by atoms with Gasteiger partial charge in [-0.05, 0) is 22.8 Å². The third-order valence-electron chi connectivity index (χ3n) is 4.89. The lowest BCUT2D eigenvalue weighted by atomic mass is 9.86. The summed E-state index contributed by atoms with van der Waals surface area (Å²) in [7, 11) is 0. The largest absolute Gasteiger partial charge is 0.481 e. The fourth-order valence-electron chi connectivity index (χ4n) is 3.33. The zero-order chi connectivity index (χ0) is 19.8. The molecule has 0 aromatic heterocycles. The summed E-state index contributed by atoms with van der Waals surface area (Å²) < 4.78 is 38.9. The summed E-state index contributed by atoms with van der Waals surface area (Å²) in [5.41, 5.74) is 2.40.